The molecule has 0 fully saturated rings. The second-order valence-corrected chi connectivity index (χ2v) is 5.50. The summed E-state index contributed by atoms with van der Waals surface area (Å²) >= 11 is 0. The van der Waals surface area contributed by atoms with Crippen LogP contribution in [0.4, 0.5) is 10.1 Å². The highest BCUT2D eigenvalue weighted by Crippen LogP contribution is 2.27. The maximum Gasteiger partial charge on any atom is 0.123 e. The van der Waals surface area contributed by atoms with E-state index in [-0.39, 0.29) is 5.82 Å². The average molecular weight is 309 g/mol. The number of nitrogens with zero attached hydrogens (tertiary/aromatic N) is 2. The van der Waals surface area contributed by atoms with Crippen LogP contribution in [0.5, 0.6) is 0 Å². The van der Waals surface area contributed by atoms with Gasteiger partial charge in [-0.2, -0.15) is 0 Å². The third-order valence-corrected chi connectivity index (χ3v) is 3.90. The molecule has 0 radical (unpaired) electrons. The van der Waals surface area contributed by atoms with Crippen molar-refractivity contribution in [2.45, 2.75) is 19.9 Å². The molecule has 0 unspecified atom stereocenters. The highest BCUT2D eigenvalue weighted by molar-refractivity contribution is 5.77. The molecule has 118 valence electrons. The second kappa shape index (κ2) is 7.09. The van der Waals surface area contributed by atoms with Crippen LogP contribution in [0.2, 0.25) is 0 Å². The van der Waals surface area contributed by atoms with Crippen LogP contribution in [0.1, 0.15) is 12.2 Å². The second-order valence-electron chi connectivity index (χ2n) is 5.50. The zero-order chi connectivity index (χ0) is 16.1. The maximum absolute atomic E-state index is 13.1. The monoisotopic (exact) mass is 309 g/mol. The summed E-state index contributed by atoms with van der Waals surface area (Å²) in [6.07, 6.45) is 4.84. The molecular weight excluding hydrogens is 289 g/mol. The molecule has 0 bridgehead atoms. The number of benzene rings is 2. The van der Waals surface area contributed by atoms with Gasteiger partial charge in [0.1, 0.15) is 11.6 Å². The van der Waals surface area contributed by atoms with Crippen LogP contribution >= 0.6 is 0 Å². The summed E-state index contributed by atoms with van der Waals surface area (Å²) in [5, 5.41) is 3.48. The van der Waals surface area contributed by atoms with Gasteiger partial charge in [0.25, 0.3) is 0 Å². The van der Waals surface area contributed by atoms with Crippen LogP contribution in [0.25, 0.3) is 11.1 Å². The van der Waals surface area contributed by atoms with Gasteiger partial charge in [0.2, 0.25) is 0 Å². The third-order valence-electron chi connectivity index (χ3n) is 3.90. The zero-order valence-corrected chi connectivity index (χ0v) is 13.2. The lowest BCUT2D eigenvalue weighted by Gasteiger charge is -2.13. The van der Waals surface area contributed by atoms with Crippen molar-refractivity contribution in [2.75, 3.05) is 11.9 Å². The quantitative estimate of drug-likeness (QED) is 0.679. The first-order valence-electron chi connectivity index (χ1n) is 7.80. The fraction of sp³-hybridized carbons (Fsp3) is 0.211. The van der Waals surface area contributed by atoms with E-state index in [0.29, 0.717) is 0 Å². The zero-order valence-electron chi connectivity index (χ0n) is 13.2. The Labute approximate surface area is 135 Å². The van der Waals surface area contributed by atoms with Gasteiger partial charge in [-0.15, -0.1) is 0 Å². The van der Waals surface area contributed by atoms with Gasteiger partial charge in [-0.1, -0.05) is 30.3 Å². The predicted octanol–water partition coefficient (Wildman–Crippen LogP) is 4.50. The van der Waals surface area contributed by atoms with E-state index in [0.717, 1.165) is 42.1 Å². The Hall–Kier alpha value is -2.62. The van der Waals surface area contributed by atoms with Gasteiger partial charge in [-0.3, -0.25) is 0 Å². The number of aryl methyl sites for hydroxylation is 2. The Bertz CT molecular complexity index is 762. The Morgan fingerprint density at radius 2 is 1.87 bits per heavy atom. The summed E-state index contributed by atoms with van der Waals surface area (Å²) in [6.45, 7) is 3.82. The minimum Gasteiger partial charge on any atom is -0.384 e. The first kappa shape index (κ1) is 15.3. The number of anilines is 1. The molecule has 3 aromatic rings. The van der Waals surface area contributed by atoms with E-state index in [4.69, 9.17) is 0 Å². The van der Waals surface area contributed by atoms with Crippen molar-refractivity contribution in [2.24, 2.45) is 0 Å². The third kappa shape index (κ3) is 3.77. The molecule has 0 aliphatic rings. The van der Waals surface area contributed by atoms with Gasteiger partial charge < -0.3 is 9.88 Å². The van der Waals surface area contributed by atoms with E-state index in [2.05, 4.69) is 27.0 Å². The highest BCUT2D eigenvalue weighted by Gasteiger charge is 2.04. The summed E-state index contributed by atoms with van der Waals surface area (Å²) in [6, 6.07) is 14.7. The van der Waals surface area contributed by atoms with Crippen molar-refractivity contribution in [1.29, 1.82) is 0 Å². The Balaban J connectivity index is 1.64. The molecule has 0 saturated heterocycles. The van der Waals surface area contributed by atoms with E-state index in [1.807, 2.05) is 43.6 Å². The summed E-state index contributed by atoms with van der Waals surface area (Å²) < 4.78 is 15.2. The van der Waals surface area contributed by atoms with Gasteiger partial charge in [0, 0.05) is 36.7 Å². The normalized spacial score (nSPS) is 10.7. The minimum atomic E-state index is -0.213. The fourth-order valence-corrected chi connectivity index (χ4v) is 2.63. The van der Waals surface area contributed by atoms with Crippen LogP contribution in [0.3, 0.4) is 0 Å². The molecule has 23 heavy (non-hydrogen) atoms. The van der Waals surface area contributed by atoms with E-state index < -0.39 is 0 Å². The number of hydrogen-bond acceptors (Lipinski definition) is 2. The molecule has 1 aromatic heterocycles. The molecule has 3 nitrogen and oxygen atoms in total. The van der Waals surface area contributed by atoms with Gasteiger partial charge in [0.15, 0.2) is 0 Å². The summed E-state index contributed by atoms with van der Waals surface area (Å²) in [4.78, 5) is 4.23. The van der Waals surface area contributed by atoms with Crippen molar-refractivity contribution in [3.8, 4) is 11.1 Å². The number of halogens is 1. The van der Waals surface area contributed by atoms with Gasteiger partial charge in [-0.25, -0.2) is 9.37 Å². The highest BCUT2D eigenvalue weighted by atomic mass is 19.1. The van der Waals surface area contributed by atoms with Crippen LogP contribution in [0.15, 0.2) is 60.9 Å². The van der Waals surface area contributed by atoms with Gasteiger partial charge in [0.05, 0.1) is 0 Å². The Kier molecular flexibility index (Phi) is 4.71. The molecule has 0 amide bonds. The first-order chi connectivity index (χ1) is 11.2. The SMILES string of the molecule is Cc1nccn1CCCNc1ccccc1-c1ccc(F)cc1. The van der Waals surface area contributed by atoms with Crippen molar-refractivity contribution in [1.82, 2.24) is 9.55 Å². The van der Waals surface area contributed by atoms with E-state index in [1.54, 1.807) is 0 Å². The molecule has 1 heterocycles. The molecular formula is C19H20FN3. The van der Waals surface area contributed by atoms with Crippen molar-refractivity contribution in [3.63, 3.8) is 0 Å². The number of aromatic nitrogens is 2. The van der Waals surface area contributed by atoms with Crippen LogP contribution in [-0.2, 0) is 6.54 Å². The topological polar surface area (TPSA) is 29.9 Å². The van der Waals surface area contributed by atoms with Crippen molar-refractivity contribution in [3.05, 3.63) is 72.6 Å². The summed E-state index contributed by atoms with van der Waals surface area (Å²) in [5.41, 5.74) is 3.17. The van der Waals surface area contributed by atoms with E-state index >= 15 is 0 Å². The van der Waals surface area contributed by atoms with Crippen LogP contribution < -0.4 is 5.32 Å². The molecule has 4 heteroatoms. The molecule has 0 aliphatic carbocycles. The number of para-hydroxylation sites is 1. The van der Waals surface area contributed by atoms with Crippen LogP contribution in [-0.4, -0.2) is 16.1 Å². The lowest BCUT2D eigenvalue weighted by molar-refractivity contribution is 0.628. The smallest absolute Gasteiger partial charge is 0.123 e. The molecule has 0 saturated carbocycles. The predicted molar refractivity (Wildman–Crippen MR) is 91.9 cm³/mol. The number of rotatable bonds is 6. The van der Waals surface area contributed by atoms with Crippen molar-refractivity contribution < 1.29 is 4.39 Å². The molecule has 3 rings (SSSR count). The lowest BCUT2D eigenvalue weighted by Crippen LogP contribution is -2.08. The minimum absolute atomic E-state index is 0.213. The Morgan fingerprint density at radius 1 is 1.09 bits per heavy atom. The number of imidazole rings is 1. The summed E-state index contributed by atoms with van der Waals surface area (Å²) in [5.74, 6) is 0.826. The lowest BCUT2D eigenvalue weighted by atomic mass is 10.0. The average Bonchev–Trinajstić information content (AvgIpc) is 2.98. The molecule has 0 atom stereocenters. The number of hydrogen-bond donors (Lipinski definition) is 1. The van der Waals surface area contributed by atoms with E-state index in [1.165, 1.54) is 12.1 Å². The first-order valence-corrected chi connectivity index (χ1v) is 7.80. The summed E-state index contributed by atoms with van der Waals surface area (Å²) in [7, 11) is 0. The van der Waals surface area contributed by atoms with Crippen LogP contribution in [0, 0.1) is 12.7 Å². The molecule has 2 aromatic carbocycles. The maximum atomic E-state index is 13.1. The number of nitrogens with one attached hydrogen (secondary N) is 1. The largest absolute Gasteiger partial charge is 0.384 e. The Morgan fingerprint density at radius 3 is 2.61 bits per heavy atom. The van der Waals surface area contributed by atoms with Gasteiger partial charge in [-0.05, 0) is 37.1 Å². The molecule has 1 N–H and O–H groups in total. The van der Waals surface area contributed by atoms with Crippen molar-refractivity contribution >= 4 is 5.69 Å². The molecule has 0 aliphatic heterocycles. The molecule has 0 spiro atoms. The standard InChI is InChI=1S/C19H20FN3/c1-15-21-12-14-23(15)13-4-11-22-19-6-3-2-5-18(19)16-7-9-17(20)10-8-16/h2-3,5-10,12,14,22H,4,11,13H2,1H3. The fourth-order valence-electron chi connectivity index (χ4n) is 2.63. The van der Waals surface area contributed by atoms with Gasteiger partial charge >= 0.3 is 0 Å². The van der Waals surface area contributed by atoms with E-state index in [9.17, 15) is 4.39 Å².